The summed E-state index contributed by atoms with van der Waals surface area (Å²) in [6, 6.07) is 14.9. The highest BCUT2D eigenvalue weighted by Crippen LogP contribution is 2.31. The number of nitrogens with two attached hydrogens (primary N) is 2. The van der Waals surface area contributed by atoms with Crippen molar-refractivity contribution >= 4 is 34.9 Å². The summed E-state index contributed by atoms with van der Waals surface area (Å²) in [5.74, 6) is -0.695. The fourth-order valence-electron chi connectivity index (χ4n) is 3.52. The molecule has 3 heterocycles. The summed E-state index contributed by atoms with van der Waals surface area (Å²) in [4.78, 5) is 40.1. The lowest BCUT2D eigenvalue weighted by Gasteiger charge is -2.29. The van der Waals surface area contributed by atoms with Crippen LogP contribution in [-0.4, -0.2) is 27.0 Å². The van der Waals surface area contributed by atoms with E-state index in [1.807, 2.05) is 30.3 Å². The Bertz CT molecular complexity index is 1330. The molecule has 3 amide bonds. The van der Waals surface area contributed by atoms with Crippen LogP contribution in [0.15, 0.2) is 69.7 Å². The third-order valence-electron chi connectivity index (χ3n) is 5.22. The van der Waals surface area contributed by atoms with E-state index in [0.717, 1.165) is 17.1 Å². The summed E-state index contributed by atoms with van der Waals surface area (Å²) >= 11 is 0.733. The molecular formula is C24H23N5O5S. The highest BCUT2D eigenvalue weighted by atomic mass is 32.1. The van der Waals surface area contributed by atoms with E-state index < -0.39 is 23.8 Å². The topological polar surface area (TPSA) is 158 Å². The van der Waals surface area contributed by atoms with E-state index in [1.165, 1.54) is 11.2 Å². The third kappa shape index (κ3) is 5.25. The number of anilines is 1. The number of rotatable bonds is 9. The van der Waals surface area contributed by atoms with Gasteiger partial charge in [0, 0.05) is 6.54 Å². The van der Waals surface area contributed by atoms with Crippen molar-refractivity contribution in [1.29, 1.82) is 0 Å². The van der Waals surface area contributed by atoms with Gasteiger partial charge in [0.1, 0.15) is 22.2 Å². The van der Waals surface area contributed by atoms with Crippen LogP contribution in [0.1, 0.15) is 49.0 Å². The molecule has 0 aliphatic heterocycles. The molecule has 11 heteroatoms. The van der Waals surface area contributed by atoms with Crippen molar-refractivity contribution in [3.8, 4) is 0 Å². The number of aryl methyl sites for hydroxylation is 1. The molecule has 180 valence electrons. The average Bonchev–Trinajstić information content (AvgIpc) is 3.59. The molecule has 0 saturated carbocycles. The van der Waals surface area contributed by atoms with E-state index in [4.69, 9.17) is 20.3 Å². The van der Waals surface area contributed by atoms with Crippen LogP contribution in [0.4, 0.5) is 5.69 Å². The molecule has 0 unspecified atom stereocenters. The van der Waals surface area contributed by atoms with E-state index in [9.17, 15) is 14.4 Å². The quantitative estimate of drug-likeness (QED) is 0.323. The first-order valence-electron chi connectivity index (χ1n) is 10.6. The number of carbonyl (C=O) groups is 3. The van der Waals surface area contributed by atoms with Crippen molar-refractivity contribution < 1.29 is 23.2 Å². The maximum absolute atomic E-state index is 13.7. The smallest absolute Gasteiger partial charge is 0.270 e. The molecule has 1 atom stereocenters. The molecule has 0 radical (unpaired) electrons. The number of aromatic nitrogens is 1. The predicted octanol–water partition coefficient (Wildman–Crippen LogP) is 3.02. The van der Waals surface area contributed by atoms with Crippen LogP contribution in [0.2, 0.25) is 0 Å². The summed E-state index contributed by atoms with van der Waals surface area (Å²) in [7, 11) is 0. The number of nitrogens with one attached hydrogen (secondary N) is 1. The Labute approximate surface area is 204 Å². The van der Waals surface area contributed by atoms with Gasteiger partial charge in [0.2, 0.25) is 0 Å². The molecule has 4 aromatic rings. The van der Waals surface area contributed by atoms with Crippen molar-refractivity contribution in [3.05, 3.63) is 94.3 Å². The molecule has 5 N–H and O–H groups in total. The molecule has 0 aliphatic carbocycles. The van der Waals surface area contributed by atoms with Gasteiger partial charge in [0.25, 0.3) is 17.7 Å². The molecule has 0 spiro atoms. The summed E-state index contributed by atoms with van der Waals surface area (Å²) in [6.07, 6.45) is 1.46. The second-order valence-electron chi connectivity index (χ2n) is 7.71. The van der Waals surface area contributed by atoms with Crippen LogP contribution >= 0.6 is 11.5 Å². The van der Waals surface area contributed by atoms with Crippen LogP contribution in [0.3, 0.4) is 0 Å². The highest BCUT2D eigenvalue weighted by Gasteiger charge is 2.37. The summed E-state index contributed by atoms with van der Waals surface area (Å²) in [5.41, 5.74) is 11.9. The fourth-order valence-corrected chi connectivity index (χ4v) is 4.28. The first-order valence-corrected chi connectivity index (χ1v) is 11.4. The number of furan rings is 2. The second-order valence-corrected chi connectivity index (χ2v) is 8.48. The van der Waals surface area contributed by atoms with Crippen molar-refractivity contribution in [2.75, 3.05) is 5.73 Å². The minimum absolute atomic E-state index is 0.0190. The zero-order valence-electron chi connectivity index (χ0n) is 18.8. The first-order chi connectivity index (χ1) is 16.8. The number of hydrogen-bond acceptors (Lipinski definition) is 8. The molecule has 0 saturated heterocycles. The zero-order chi connectivity index (χ0) is 24.9. The Kier molecular flexibility index (Phi) is 6.97. The fraction of sp³-hybridized carbons (Fsp3) is 0.167. The maximum atomic E-state index is 13.7. The highest BCUT2D eigenvalue weighted by molar-refractivity contribution is 7.09. The second kappa shape index (κ2) is 10.3. The minimum Gasteiger partial charge on any atom is -0.467 e. The van der Waals surface area contributed by atoms with E-state index >= 15 is 0 Å². The standard InChI is InChI=1S/C24H23N5O5S/c1-14-9-10-17(34-14)20(23(31)27-12-15-6-3-2-4-7-15)29(13-16-8-5-11-33-16)24(32)21-18(25)19(22(26)30)28-35-21/h2-11,20H,12-13,25H2,1H3,(H2,26,30)(H,27,31)/t20-/m0/s1. The third-order valence-corrected chi connectivity index (χ3v) is 6.07. The molecule has 1 aromatic carbocycles. The number of nitrogen functional groups attached to an aromatic ring is 1. The number of primary amides is 1. The van der Waals surface area contributed by atoms with Gasteiger partial charge < -0.3 is 30.5 Å². The van der Waals surface area contributed by atoms with E-state index in [0.29, 0.717) is 11.5 Å². The van der Waals surface area contributed by atoms with Crippen molar-refractivity contribution in [2.24, 2.45) is 5.73 Å². The lowest BCUT2D eigenvalue weighted by Crippen LogP contribution is -2.43. The Morgan fingerprint density at radius 1 is 1.11 bits per heavy atom. The van der Waals surface area contributed by atoms with Crippen LogP contribution in [0.5, 0.6) is 0 Å². The normalized spacial score (nSPS) is 11.7. The van der Waals surface area contributed by atoms with Gasteiger partial charge in [-0.25, -0.2) is 0 Å². The van der Waals surface area contributed by atoms with Crippen LogP contribution in [-0.2, 0) is 17.9 Å². The molecule has 0 aliphatic rings. The molecule has 0 fully saturated rings. The SMILES string of the molecule is Cc1ccc([C@@H](C(=O)NCc2ccccc2)N(Cc2ccco2)C(=O)c2snc(C(N)=O)c2N)o1. The number of amides is 3. The summed E-state index contributed by atoms with van der Waals surface area (Å²) in [5, 5.41) is 2.87. The van der Waals surface area contributed by atoms with E-state index in [2.05, 4.69) is 9.69 Å². The molecule has 35 heavy (non-hydrogen) atoms. The van der Waals surface area contributed by atoms with Gasteiger partial charge in [0.05, 0.1) is 18.5 Å². The maximum Gasteiger partial charge on any atom is 0.270 e. The Hall–Kier alpha value is -4.38. The molecular weight excluding hydrogens is 470 g/mol. The van der Waals surface area contributed by atoms with Gasteiger partial charge in [0.15, 0.2) is 11.7 Å². The Morgan fingerprint density at radius 3 is 2.49 bits per heavy atom. The molecule has 3 aromatic heterocycles. The molecule has 0 bridgehead atoms. The molecule has 4 rings (SSSR count). The number of carbonyl (C=O) groups excluding carboxylic acids is 3. The monoisotopic (exact) mass is 493 g/mol. The number of nitrogens with zero attached hydrogens (tertiary/aromatic N) is 2. The Morgan fingerprint density at radius 2 is 1.89 bits per heavy atom. The summed E-state index contributed by atoms with van der Waals surface area (Å²) in [6.45, 7) is 1.91. The van der Waals surface area contributed by atoms with Gasteiger partial charge in [-0.15, -0.1) is 0 Å². The number of benzene rings is 1. The predicted molar refractivity (Wildman–Crippen MR) is 128 cm³/mol. The minimum atomic E-state index is -1.16. The van der Waals surface area contributed by atoms with Gasteiger partial charge in [-0.1, -0.05) is 30.3 Å². The van der Waals surface area contributed by atoms with Crippen molar-refractivity contribution in [2.45, 2.75) is 26.1 Å². The van der Waals surface area contributed by atoms with E-state index in [-0.39, 0.29) is 35.1 Å². The van der Waals surface area contributed by atoms with Gasteiger partial charge in [-0.3, -0.25) is 14.4 Å². The van der Waals surface area contributed by atoms with Gasteiger partial charge in [-0.2, -0.15) is 4.37 Å². The molecule has 10 nitrogen and oxygen atoms in total. The average molecular weight is 494 g/mol. The van der Waals surface area contributed by atoms with Crippen LogP contribution in [0, 0.1) is 6.92 Å². The zero-order valence-corrected chi connectivity index (χ0v) is 19.6. The van der Waals surface area contributed by atoms with Crippen molar-refractivity contribution in [1.82, 2.24) is 14.6 Å². The van der Waals surface area contributed by atoms with Gasteiger partial charge >= 0.3 is 0 Å². The van der Waals surface area contributed by atoms with Crippen molar-refractivity contribution in [3.63, 3.8) is 0 Å². The first kappa shape index (κ1) is 23.8. The van der Waals surface area contributed by atoms with E-state index in [1.54, 1.807) is 31.2 Å². The van der Waals surface area contributed by atoms with Crippen LogP contribution < -0.4 is 16.8 Å². The van der Waals surface area contributed by atoms with Gasteiger partial charge in [-0.05, 0) is 48.3 Å². The van der Waals surface area contributed by atoms with Crippen LogP contribution in [0.25, 0.3) is 0 Å². The Balaban J connectivity index is 1.73. The number of hydrogen-bond donors (Lipinski definition) is 3. The lowest BCUT2D eigenvalue weighted by atomic mass is 10.1. The largest absolute Gasteiger partial charge is 0.467 e. The summed E-state index contributed by atoms with van der Waals surface area (Å²) < 4.78 is 15.1. The lowest BCUT2D eigenvalue weighted by molar-refractivity contribution is -0.126.